The molecule has 5 nitrogen and oxygen atoms in total. The number of fused-ring (bicyclic) bond motifs is 12. The summed E-state index contributed by atoms with van der Waals surface area (Å²) in [7, 11) is 0. The lowest BCUT2D eigenvalue weighted by atomic mass is 9.92. The molecule has 0 bridgehead atoms. The van der Waals surface area contributed by atoms with Crippen molar-refractivity contribution in [2.75, 3.05) is 0 Å². The molecule has 0 atom stereocenters. The molecule has 4 heterocycles. The van der Waals surface area contributed by atoms with Gasteiger partial charge < -0.3 is 18.3 Å². The summed E-state index contributed by atoms with van der Waals surface area (Å²) in [5.74, 6) is 0. The Morgan fingerprint density at radius 1 is 0.366 bits per heavy atom. The summed E-state index contributed by atoms with van der Waals surface area (Å²) in [6, 6.07) is 72.9. The van der Waals surface area contributed by atoms with Gasteiger partial charge in [-0.25, -0.2) is 0 Å². The average Bonchev–Trinajstić information content (AvgIpc) is 4.13. The van der Waals surface area contributed by atoms with Gasteiger partial charge in [-0.1, -0.05) is 121 Å². The van der Waals surface area contributed by atoms with Crippen molar-refractivity contribution >= 4 is 87.2 Å². The predicted octanol–water partition coefficient (Wildman–Crippen LogP) is 16.9. The Morgan fingerprint density at radius 3 is 1.07 bits per heavy atom. The normalized spacial score (nSPS) is 12.2. The second-order valence-corrected chi connectivity index (χ2v) is 18.3. The highest BCUT2D eigenvalue weighted by Gasteiger charge is 2.35. The van der Waals surface area contributed by atoms with Crippen molar-refractivity contribution in [3.05, 3.63) is 229 Å². The van der Waals surface area contributed by atoms with Crippen LogP contribution in [0, 0.1) is 18.3 Å². The molecular weight excluding hydrogens is 884 g/mol. The summed E-state index contributed by atoms with van der Waals surface area (Å²) in [6.07, 6.45) is -4.65. The van der Waals surface area contributed by atoms with Crippen molar-refractivity contribution in [2.24, 2.45) is 0 Å². The Bertz CT molecular complexity index is 4250. The molecule has 0 unspecified atom stereocenters. The minimum absolute atomic E-state index is 0.0656. The average molecular weight is 922 g/mol. The summed E-state index contributed by atoms with van der Waals surface area (Å²) in [5.41, 5.74) is 10.9. The maximum atomic E-state index is 15.3. The molecule has 0 amide bonds. The Morgan fingerprint density at radius 2 is 0.704 bits per heavy atom. The summed E-state index contributed by atoms with van der Waals surface area (Å²) < 4.78 is 54.5. The summed E-state index contributed by atoms with van der Waals surface area (Å²) in [5, 5.41) is 20.0. The molecule has 14 aromatic rings. The number of nitrogens with zero attached hydrogens (tertiary/aromatic N) is 5. The molecule has 0 radical (unpaired) electrons. The van der Waals surface area contributed by atoms with E-state index >= 15 is 13.2 Å². The third kappa shape index (κ3) is 5.87. The smallest absolute Gasteiger partial charge is 0.309 e. The number of aryl methyl sites for hydroxylation is 1. The first kappa shape index (κ1) is 40.7. The van der Waals surface area contributed by atoms with Crippen molar-refractivity contribution < 1.29 is 13.2 Å². The second kappa shape index (κ2) is 15.1. The molecule has 0 spiro atoms. The van der Waals surface area contributed by atoms with Crippen LogP contribution in [0.5, 0.6) is 0 Å². The molecule has 0 saturated carbocycles. The van der Waals surface area contributed by atoms with E-state index in [1.807, 2.05) is 36.4 Å². The van der Waals surface area contributed by atoms with Gasteiger partial charge in [0, 0.05) is 54.5 Å². The van der Waals surface area contributed by atoms with Crippen LogP contribution in [0.3, 0.4) is 0 Å². The maximum absolute atomic E-state index is 15.3. The standard InChI is InChI=1S/C63H38F3N5/c1-38-15-14-22-51(63(64,65)66)62(38)39-33-60(70-56-27-12-6-20-46(56)48-35-40(29-31-58(48)70)68-52-23-8-2-16-42(52)43-17-3-9-24-53(43)68)50(37-67)61(34-39)71-57-28-13-7-21-47(57)49-36-41(30-32-59(49)71)69-54-25-10-4-18-44(54)45-19-5-11-26-55(45)69/h2-36H,1H3. The van der Waals surface area contributed by atoms with E-state index in [0.717, 1.165) is 105 Å². The third-order valence-corrected chi connectivity index (χ3v) is 14.5. The molecule has 8 heteroatoms. The van der Waals surface area contributed by atoms with Crippen LogP contribution < -0.4 is 0 Å². The highest BCUT2D eigenvalue weighted by molar-refractivity contribution is 6.14. The van der Waals surface area contributed by atoms with Crippen molar-refractivity contribution in [3.8, 4) is 39.9 Å². The molecule has 0 saturated heterocycles. The lowest BCUT2D eigenvalue weighted by Gasteiger charge is -2.21. The number of alkyl halides is 3. The van der Waals surface area contributed by atoms with E-state index in [1.165, 1.54) is 6.07 Å². The van der Waals surface area contributed by atoms with Gasteiger partial charge in [-0.05, 0) is 115 Å². The molecule has 0 aliphatic carbocycles. The summed E-state index contributed by atoms with van der Waals surface area (Å²) in [6.45, 7) is 1.72. The largest absolute Gasteiger partial charge is 0.417 e. The minimum atomic E-state index is -4.65. The van der Waals surface area contributed by atoms with E-state index in [2.05, 4.69) is 170 Å². The van der Waals surface area contributed by atoms with Crippen LogP contribution in [0.2, 0.25) is 0 Å². The number of aromatic nitrogens is 4. The minimum Gasteiger partial charge on any atom is -0.309 e. The van der Waals surface area contributed by atoms with E-state index in [9.17, 15) is 5.26 Å². The number of para-hydroxylation sites is 6. The van der Waals surface area contributed by atoms with Crippen LogP contribution in [0.15, 0.2) is 212 Å². The first-order chi connectivity index (χ1) is 34.8. The Hall–Kier alpha value is -9.32. The Kier molecular flexibility index (Phi) is 8.65. The van der Waals surface area contributed by atoms with Gasteiger partial charge in [-0.15, -0.1) is 0 Å². The van der Waals surface area contributed by atoms with Crippen LogP contribution in [0.4, 0.5) is 13.2 Å². The molecule has 4 aromatic heterocycles. The van der Waals surface area contributed by atoms with E-state index in [0.29, 0.717) is 28.1 Å². The topological polar surface area (TPSA) is 43.5 Å². The molecule has 0 N–H and O–H groups in total. The van der Waals surface area contributed by atoms with Crippen LogP contribution in [-0.2, 0) is 6.18 Å². The van der Waals surface area contributed by atoms with Crippen LogP contribution in [0.25, 0.3) is 121 Å². The van der Waals surface area contributed by atoms with Gasteiger partial charge in [0.15, 0.2) is 0 Å². The van der Waals surface area contributed by atoms with Gasteiger partial charge in [-0.2, -0.15) is 18.4 Å². The molecule has 0 fully saturated rings. The maximum Gasteiger partial charge on any atom is 0.417 e. The number of hydrogen-bond acceptors (Lipinski definition) is 1. The van der Waals surface area contributed by atoms with E-state index < -0.39 is 11.7 Å². The molecular formula is C63H38F3N5. The van der Waals surface area contributed by atoms with Crippen molar-refractivity contribution in [1.29, 1.82) is 5.26 Å². The fraction of sp³-hybridized carbons (Fsp3) is 0.0317. The van der Waals surface area contributed by atoms with Gasteiger partial charge in [0.25, 0.3) is 0 Å². The molecule has 0 aliphatic rings. The van der Waals surface area contributed by atoms with Crippen LogP contribution in [0.1, 0.15) is 16.7 Å². The molecule has 14 rings (SSSR count). The zero-order chi connectivity index (χ0) is 47.7. The van der Waals surface area contributed by atoms with Crippen molar-refractivity contribution in [3.63, 3.8) is 0 Å². The van der Waals surface area contributed by atoms with Crippen molar-refractivity contribution in [2.45, 2.75) is 13.1 Å². The SMILES string of the molecule is Cc1cccc(C(F)(F)F)c1-c1cc(-n2c3ccccc3c3cc(-n4c5ccccc5c5ccccc54)ccc32)c(C#N)c(-n2c3ccccc3c3cc(-n4c5ccccc5c5ccccc54)ccc32)c1. The zero-order valence-corrected chi connectivity index (χ0v) is 38.1. The van der Waals surface area contributed by atoms with E-state index in [1.54, 1.807) is 25.1 Å². The number of benzene rings is 10. The second-order valence-electron chi connectivity index (χ2n) is 18.3. The van der Waals surface area contributed by atoms with Crippen molar-refractivity contribution in [1.82, 2.24) is 18.3 Å². The molecule has 10 aromatic carbocycles. The van der Waals surface area contributed by atoms with Crippen LogP contribution in [-0.4, -0.2) is 18.3 Å². The lowest BCUT2D eigenvalue weighted by molar-refractivity contribution is -0.137. The van der Waals surface area contributed by atoms with E-state index in [-0.39, 0.29) is 5.56 Å². The molecule has 0 aliphatic heterocycles. The third-order valence-electron chi connectivity index (χ3n) is 14.5. The van der Waals surface area contributed by atoms with Gasteiger partial charge in [0.2, 0.25) is 0 Å². The fourth-order valence-electron chi connectivity index (χ4n) is 11.6. The zero-order valence-electron chi connectivity index (χ0n) is 38.1. The fourth-order valence-corrected chi connectivity index (χ4v) is 11.6. The van der Waals surface area contributed by atoms with Crippen LogP contribution >= 0.6 is 0 Å². The number of rotatable bonds is 5. The highest BCUT2D eigenvalue weighted by atomic mass is 19.4. The van der Waals surface area contributed by atoms with E-state index in [4.69, 9.17) is 0 Å². The van der Waals surface area contributed by atoms with Gasteiger partial charge >= 0.3 is 6.18 Å². The van der Waals surface area contributed by atoms with Gasteiger partial charge in [0.05, 0.1) is 61.1 Å². The van der Waals surface area contributed by atoms with Gasteiger partial charge in [0.1, 0.15) is 11.6 Å². The Labute approximate surface area is 404 Å². The number of halogens is 3. The number of nitriles is 1. The predicted molar refractivity (Wildman–Crippen MR) is 284 cm³/mol. The molecule has 336 valence electrons. The number of hydrogen-bond donors (Lipinski definition) is 0. The van der Waals surface area contributed by atoms with Gasteiger partial charge in [-0.3, -0.25) is 0 Å². The molecule has 71 heavy (non-hydrogen) atoms. The first-order valence-electron chi connectivity index (χ1n) is 23.6. The summed E-state index contributed by atoms with van der Waals surface area (Å²) >= 11 is 0. The Balaban J connectivity index is 1.07. The monoisotopic (exact) mass is 921 g/mol. The first-order valence-corrected chi connectivity index (χ1v) is 23.6. The lowest BCUT2D eigenvalue weighted by Crippen LogP contribution is -2.10. The highest BCUT2D eigenvalue weighted by Crippen LogP contribution is 2.45. The summed E-state index contributed by atoms with van der Waals surface area (Å²) in [4.78, 5) is 0. The quantitative estimate of drug-likeness (QED) is 0.170.